The fourth-order valence-electron chi connectivity index (χ4n) is 10.1. The van der Waals surface area contributed by atoms with Gasteiger partial charge in [-0.15, -0.1) is 0 Å². The van der Waals surface area contributed by atoms with E-state index in [1.807, 2.05) is 0 Å². The van der Waals surface area contributed by atoms with E-state index in [2.05, 4.69) is 20.8 Å². The molecule has 11 atom stereocenters. The molecular formula is C28H47NO6S. The van der Waals surface area contributed by atoms with Gasteiger partial charge in [0.2, 0.25) is 5.91 Å². The van der Waals surface area contributed by atoms with Crippen molar-refractivity contribution in [2.24, 2.45) is 46.3 Å². The van der Waals surface area contributed by atoms with E-state index in [1.54, 1.807) is 4.90 Å². The second-order valence-corrected chi connectivity index (χ2v) is 15.4. The molecule has 5 aliphatic rings. The number of likely N-dealkylation sites (tertiary alicyclic amines) is 1. The minimum atomic E-state index is -4.10. The number of aliphatic hydroxyl groups excluding tert-OH is 2. The van der Waals surface area contributed by atoms with Crippen molar-refractivity contribution < 1.29 is 28.0 Å². The van der Waals surface area contributed by atoms with Crippen molar-refractivity contribution in [2.75, 3.05) is 13.1 Å². The Morgan fingerprint density at radius 1 is 1.03 bits per heavy atom. The Kier molecular flexibility index (Phi) is 7.09. The van der Waals surface area contributed by atoms with Gasteiger partial charge in [-0.05, 0) is 111 Å². The van der Waals surface area contributed by atoms with E-state index in [1.165, 1.54) is 12.8 Å². The Labute approximate surface area is 217 Å². The van der Waals surface area contributed by atoms with Gasteiger partial charge in [-0.1, -0.05) is 20.8 Å². The van der Waals surface area contributed by atoms with Gasteiger partial charge in [-0.3, -0.25) is 9.35 Å². The highest BCUT2D eigenvalue weighted by molar-refractivity contribution is 7.86. The molecule has 0 spiro atoms. The number of amides is 1. The second-order valence-electron chi connectivity index (χ2n) is 13.7. The van der Waals surface area contributed by atoms with Gasteiger partial charge in [-0.2, -0.15) is 8.42 Å². The molecule has 3 N–H and O–H groups in total. The Morgan fingerprint density at radius 3 is 2.47 bits per heavy atom. The largest absolute Gasteiger partial charge is 0.393 e. The molecule has 1 aliphatic heterocycles. The molecule has 36 heavy (non-hydrogen) atoms. The minimum Gasteiger partial charge on any atom is -0.393 e. The maximum absolute atomic E-state index is 12.8. The first kappa shape index (κ1) is 26.9. The summed E-state index contributed by atoms with van der Waals surface area (Å²) in [6.07, 6.45) is 9.39. The van der Waals surface area contributed by atoms with Crippen molar-refractivity contribution in [2.45, 2.75) is 109 Å². The third-order valence-corrected chi connectivity index (χ3v) is 13.5. The lowest BCUT2D eigenvalue weighted by molar-refractivity contribution is -0.175. The predicted molar refractivity (Wildman–Crippen MR) is 138 cm³/mol. The zero-order valence-corrected chi connectivity index (χ0v) is 23.1. The molecule has 4 aliphatic carbocycles. The Hall–Kier alpha value is -0.700. The average Bonchev–Trinajstić information content (AvgIpc) is 3.45. The lowest BCUT2D eigenvalue weighted by Crippen LogP contribution is -2.58. The highest BCUT2D eigenvalue weighted by Crippen LogP contribution is 2.68. The highest BCUT2D eigenvalue weighted by atomic mass is 32.2. The van der Waals surface area contributed by atoms with Crippen LogP contribution in [-0.4, -0.2) is 64.5 Å². The first-order valence-electron chi connectivity index (χ1n) is 14.5. The van der Waals surface area contributed by atoms with Gasteiger partial charge in [0.1, 0.15) is 5.25 Å². The maximum Gasteiger partial charge on any atom is 0.269 e. The number of hydrogen-bond donors (Lipinski definition) is 3. The Morgan fingerprint density at radius 2 is 1.78 bits per heavy atom. The molecule has 206 valence electrons. The van der Waals surface area contributed by atoms with Crippen LogP contribution in [0.1, 0.15) is 91.4 Å². The Bertz CT molecular complexity index is 956. The zero-order chi connectivity index (χ0) is 26.0. The number of nitrogens with zero attached hydrogens (tertiary/aromatic N) is 1. The smallest absolute Gasteiger partial charge is 0.269 e. The first-order valence-corrected chi connectivity index (χ1v) is 16.0. The van der Waals surface area contributed by atoms with Crippen LogP contribution in [0.15, 0.2) is 0 Å². The van der Waals surface area contributed by atoms with Crippen LogP contribution in [0.3, 0.4) is 0 Å². The van der Waals surface area contributed by atoms with Crippen molar-refractivity contribution >= 4 is 16.0 Å². The molecule has 5 rings (SSSR count). The van der Waals surface area contributed by atoms with Crippen LogP contribution in [0, 0.1) is 46.3 Å². The monoisotopic (exact) mass is 525 g/mol. The van der Waals surface area contributed by atoms with Crippen LogP contribution in [0.2, 0.25) is 0 Å². The third-order valence-electron chi connectivity index (χ3n) is 12.2. The third kappa shape index (κ3) is 4.36. The molecule has 7 nitrogen and oxygen atoms in total. The number of aliphatic hydroxyl groups is 2. The number of hydrogen-bond acceptors (Lipinski definition) is 5. The number of fused-ring (bicyclic) bond motifs is 5. The quantitative estimate of drug-likeness (QED) is 0.469. The molecule has 11 unspecified atom stereocenters. The van der Waals surface area contributed by atoms with Gasteiger partial charge < -0.3 is 15.1 Å². The molecule has 0 bridgehead atoms. The summed E-state index contributed by atoms with van der Waals surface area (Å²) >= 11 is 0. The van der Waals surface area contributed by atoms with Gasteiger partial charge >= 0.3 is 0 Å². The second kappa shape index (κ2) is 9.49. The van der Waals surface area contributed by atoms with E-state index in [0.29, 0.717) is 54.9 Å². The van der Waals surface area contributed by atoms with E-state index in [0.717, 1.165) is 44.9 Å². The molecule has 5 fully saturated rings. The summed E-state index contributed by atoms with van der Waals surface area (Å²) in [5.41, 5.74) is 0.112. The van der Waals surface area contributed by atoms with E-state index < -0.39 is 15.4 Å². The summed E-state index contributed by atoms with van der Waals surface area (Å²) in [5, 5.41) is 21.1. The molecule has 1 amide bonds. The molecule has 4 saturated carbocycles. The summed E-state index contributed by atoms with van der Waals surface area (Å²) in [7, 11) is -4.10. The van der Waals surface area contributed by atoms with E-state index >= 15 is 0 Å². The van der Waals surface area contributed by atoms with E-state index in [-0.39, 0.29) is 35.5 Å². The van der Waals surface area contributed by atoms with Crippen LogP contribution < -0.4 is 0 Å². The van der Waals surface area contributed by atoms with Gasteiger partial charge in [-0.25, -0.2) is 0 Å². The lowest BCUT2D eigenvalue weighted by Gasteiger charge is -2.62. The molecule has 0 aromatic carbocycles. The topological polar surface area (TPSA) is 115 Å². The van der Waals surface area contributed by atoms with Gasteiger partial charge in [0, 0.05) is 19.5 Å². The predicted octanol–water partition coefficient (Wildman–Crippen LogP) is 3.88. The van der Waals surface area contributed by atoms with Crippen LogP contribution in [0.5, 0.6) is 0 Å². The highest BCUT2D eigenvalue weighted by Gasteiger charge is 2.63. The zero-order valence-electron chi connectivity index (χ0n) is 22.3. The van der Waals surface area contributed by atoms with Crippen molar-refractivity contribution in [1.82, 2.24) is 4.90 Å². The van der Waals surface area contributed by atoms with Crippen LogP contribution in [0.4, 0.5) is 0 Å². The number of carbonyl (C=O) groups is 1. The molecule has 0 radical (unpaired) electrons. The summed E-state index contributed by atoms with van der Waals surface area (Å²) in [5.74, 6) is 2.96. The fraction of sp³-hybridized carbons (Fsp3) is 0.964. The van der Waals surface area contributed by atoms with E-state index in [4.69, 9.17) is 0 Å². The van der Waals surface area contributed by atoms with Crippen molar-refractivity contribution in [3.05, 3.63) is 0 Å². The van der Waals surface area contributed by atoms with Crippen LogP contribution in [0.25, 0.3) is 0 Å². The minimum absolute atomic E-state index is 0.0253. The summed E-state index contributed by atoms with van der Waals surface area (Å²) in [6, 6.07) is 0. The normalized spacial score (nSPS) is 47.7. The van der Waals surface area contributed by atoms with Gasteiger partial charge in [0.15, 0.2) is 0 Å². The Balaban J connectivity index is 1.24. The summed E-state index contributed by atoms with van der Waals surface area (Å²) in [4.78, 5) is 14.4. The van der Waals surface area contributed by atoms with E-state index in [9.17, 15) is 28.0 Å². The standard InChI is InChI=1S/C28H47NO6S/c1-17(4-9-26(32)29-13-11-20(16-29)36(33,34)35)22-7-8-23-21-6-5-18-14-19(30)10-12-27(18,2)24(21)15-25(31)28(22,23)3/h17-25,30-31H,4-16H2,1-3H3,(H,33,34,35). The maximum atomic E-state index is 12.8. The van der Waals surface area contributed by atoms with Crippen molar-refractivity contribution in [3.63, 3.8) is 0 Å². The van der Waals surface area contributed by atoms with Gasteiger partial charge in [0.05, 0.1) is 12.2 Å². The molecule has 1 saturated heterocycles. The molecule has 1 heterocycles. The number of carbonyl (C=O) groups excluding carboxylic acids is 1. The average molecular weight is 526 g/mol. The molecule has 8 heteroatoms. The summed E-state index contributed by atoms with van der Waals surface area (Å²) in [6.45, 7) is 7.48. The van der Waals surface area contributed by atoms with Crippen molar-refractivity contribution in [1.29, 1.82) is 0 Å². The van der Waals surface area contributed by atoms with Crippen molar-refractivity contribution in [3.8, 4) is 0 Å². The molecule has 0 aromatic rings. The number of rotatable bonds is 5. The van der Waals surface area contributed by atoms with Gasteiger partial charge in [0.25, 0.3) is 10.1 Å². The first-order chi connectivity index (χ1) is 16.9. The summed E-state index contributed by atoms with van der Waals surface area (Å²) < 4.78 is 32.2. The molecular weight excluding hydrogens is 478 g/mol. The SMILES string of the molecule is CC(CCC(=O)N1CCC(S(=O)(=O)O)C1)C1CCC2C3CCC4CC(O)CCC4(C)C3CC(O)C12C. The fourth-order valence-corrected chi connectivity index (χ4v) is 10.8. The van der Waals surface area contributed by atoms with Crippen LogP contribution >= 0.6 is 0 Å². The van der Waals surface area contributed by atoms with Crippen LogP contribution in [-0.2, 0) is 14.9 Å². The lowest BCUT2D eigenvalue weighted by atomic mass is 9.43. The molecule has 0 aromatic heterocycles.